The van der Waals surface area contributed by atoms with Crippen LogP contribution < -0.4 is 5.32 Å². The van der Waals surface area contributed by atoms with Crippen LogP contribution in [0.25, 0.3) is 0 Å². The van der Waals surface area contributed by atoms with Gasteiger partial charge in [-0.1, -0.05) is 6.07 Å². The number of nitrogens with one attached hydrogen (secondary N) is 1. The van der Waals surface area contributed by atoms with Crippen molar-refractivity contribution in [1.82, 2.24) is 9.97 Å². The highest BCUT2D eigenvalue weighted by atomic mass is 16.4. The van der Waals surface area contributed by atoms with Gasteiger partial charge in [0.2, 0.25) is 0 Å². The molecule has 0 atom stereocenters. The maximum atomic E-state index is 10.8. The van der Waals surface area contributed by atoms with Gasteiger partial charge in [0.25, 0.3) is 0 Å². The third-order valence-electron chi connectivity index (χ3n) is 2.23. The Balaban J connectivity index is 2.04. The van der Waals surface area contributed by atoms with E-state index in [2.05, 4.69) is 15.3 Å². The first-order chi connectivity index (χ1) is 8.25. The lowest BCUT2D eigenvalue weighted by atomic mass is 10.2. The average molecular weight is 229 g/mol. The van der Waals surface area contributed by atoms with Crippen molar-refractivity contribution in [2.24, 2.45) is 0 Å². The zero-order chi connectivity index (χ0) is 12.1. The summed E-state index contributed by atoms with van der Waals surface area (Å²) in [5.41, 5.74) is 1.86. The minimum Gasteiger partial charge on any atom is -0.478 e. The number of carboxylic acids is 1. The second-order valence-corrected chi connectivity index (χ2v) is 3.44. The Kier molecular flexibility index (Phi) is 3.30. The number of benzene rings is 1. The first-order valence-corrected chi connectivity index (χ1v) is 5.08. The van der Waals surface area contributed by atoms with E-state index in [0.717, 1.165) is 11.4 Å². The van der Waals surface area contributed by atoms with Crippen molar-refractivity contribution >= 4 is 11.7 Å². The summed E-state index contributed by atoms with van der Waals surface area (Å²) < 4.78 is 0. The standard InChI is InChI=1S/C12H11N3O2/c16-12(17)9-2-1-3-10(6-9)14-7-11-4-5-13-8-15-11/h1-6,8,14H,7H2,(H,16,17). The molecule has 17 heavy (non-hydrogen) atoms. The van der Waals surface area contributed by atoms with Crippen LogP contribution in [0.4, 0.5) is 5.69 Å². The molecule has 2 N–H and O–H groups in total. The average Bonchev–Trinajstić information content (AvgIpc) is 2.38. The summed E-state index contributed by atoms with van der Waals surface area (Å²) in [6.07, 6.45) is 3.14. The molecule has 1 aromatic heterocycles. The molecule has 0 bridgehead atoms. The van der Waals surface area contributed by atoms with Crippen molar-refractivity contribution in [2.45, 2.75) is 6.54 Å². The predicted octanol–water partition coefficient (Wildman–Crippen LogP) is 1.79. The van der Waals surface area contributed by atoms with E-state index in [1.165, 1.54) is 6.33 Å². The van der Waals surface area contributed by atoms with Gasteiger partial charge in [-0.2, -0.15) is 0 Å². The molecule has 0 saturated heterocycles. The summed E-state index contributed by atoms with van der Waals surface area (Å²) in [7, 11) is 0. The van der Waals surface area contributed by atoms with Crippen LogP contribution in [0.3, 0.4) is 0 Å². The largest absolute Gasteiger partial charge is 0.478 e. The summed E-state index contributed by atoms with van der Waals surface area (Å²) in [4.78, 5) is 18.7. The fraction of sp³-hybridized carbons (Fsp3) is 0.0833. The summed E-state index contributed by atoms with van der Waals surface area (Å²) >= 11 is 0. The van der Waals surface area contributed by atoms with E-state index in [0.29, 0.717) is 6.54 Å². The van der Waals surface area contributed by atoms with Crippen molar-refractivity contribution in [2.75, 3.05) is 5.32 Å². The number of carbonyl (C=O) groups is 1. The smallest absolute Gasteiger partial charge is 0.335 e. The van der Waals surface area contributed by atoms with Gasteiger partial charge in [0.15, 0.2) is 0 Å². The summed E-state index contributed by atoms with van der Waals surface area (Å²) in [5.74, 6) is -0.935. The fourth-order valence-electron chi connectivity index (χ4n) is 1.38. The Hall–Kier alpha value is -2.43. The topological polar surface area (TPSA) is 75.1 Å². The van der Waals surface area contributed by atoms with E-state index >= 15 is 0 Å². The molecule has 0 aliphatic rings. The third kappa shape index (κ3) is 3.01. The number of carboxylic acid groups (broad SMARTS) is 1. The second-order valence-electron chi connectivity index (χ2n) is 3.44. The van der Waals surface area contributed by atoms with Crippen LogP contribution in [-0.2, 0) is 6.54 Å². The molecule has 0 aliphatic heterocycles. The van der Waals surface area contributed by atoms with Gasteiger partial charge in [-0.3, -0.25) is 0 Å². The van der Waals surface area contributed by atoms with E-state index in [9.17, 15) is 4.79 Å². The fourth-order valence-corrected chi connectivity index (χ4v) is 1.38. The molecule has 0 radical (unpaired) electrons. The molecule has 5 heteroatoms. The zero-order valence-corrected chi connectivity index (χ0v) is 9.00. The molecule has 0 fully saturated rings. The van der Waals surface area contributed by atoms with E-state index in [-0.39, 0.29) is 5.56 Å². The van der Waals surface area contributed by atoms with Crippen LogP contribution in [0, 0.1) is 0 Å². The Morgan fingerprint density at radius 3 is 2.94 bits per heavy atom. The highest BCUT2D eigenvalue weighted by molar-refractivity contribution is 5.88. The maximum Gasteiger partial charge on any atom is 0.335 e. The second kappa shape index (κ2) is 5.07. The highest BCUT2D eigenvalue weighted by Gasteiger charge is 2.02. The monoisotopic (exact) mass is 229 g/mol. The number of anilines is 1. The van der Waals surface area contributed by atoms with E-state index in [1.807, 2.05) is 6.07 Å². The number of hydrogen-bond donors (Lipinski definition) is 2. The van der Waals surface area contributed by atoms with E-state index in [1.54, 1.807) is 30.5 Å². The van der Waals surface area contributed by atoms with E-state index in [4.69, 9.17) is 5.11 Å². The lowest BCUT2D eigenvalue weighted by Crippen LogP contribution is -2.03. The molecule has 0 amide bonds. The van der Waals surface area contributed by atoms with E-state index < -0.39 is 5.97 Å². The minimum absolute atomic E-state index is 0.262. The predicted molar refractivity (Wildman–Crippen MR) is 62.8 cm³/mol. The first-order valence-electron chi connectivity index (χ1n) is 5.08. The molecule has 1 aromatic carbocycles. The zero-order valence-electron chi connectivity index (χ0n) is 9.00. The molecule has 0 saturated carbocycles. The molecule has 0 unspecified atom stereocenters. The SMILES string of the molecule is O=C(O)c1cccc(NCc2ccncn2)c1. The quantitative estimate of drug-likeness (QED) is 0.835. The minimum atomic E-state index is -0.935. The van der Waals surface area contributed by atoms with Crippen LogP contribution >= 0.6 is 0 Å². The van der Waals surface area contributed by atoms with Crippen molar-refractivity contribution in [1.29, 1.82) is 0 Å². The number of aromatic carboxylic acids is 1. The molecule has 5 nitrogen and oxygen atoms in total. The summed E-state index contributed by atoms with van der Waals surface area (Å²) in [5, 5.41) is 11.9. The first kappa shape index (κ1) is 11.1. The van der Waals surface area contributed by atoms with Crippen LogP contribution in [-0.4, -0.2) is 21.0 Å². The molecule has 0 aliphatic carbocycles. The van der Waals surface area contributed by atoms with Crippen molar-refractivity contribution < 1.29 is 9.90 Å². The Labute approximate surface area is 98.2 Å². The Bertz CT molecular complexity index is 514. The number of hydrogen-bond acceptors (Lipinski definition) is 4. The van der Waals surface area contributed by atoms with Gasteiger partial charge < -0.3 is 10.4 Å². The van der Waals surface area contributed by atoms with Gasteiger partial charge in [-0.25, -0.2) is 14.8 Å². The van der Waals surface area contributed by atoms with Crippen molar-refractivity contribution in [3.05, 3.63) is 54.1 Å². The van der Waals surface area contributed by atoms with Gasteiger partial charge >= 0.3 is 5.97 Å². The molecule has 86 valence electrons. The van der Waals surface area contributed by atoms with Crippen LogP contribution in [0.1, 0.15) is 16.1 Å². The number of nitrogens with zero attached hydrogens (tertiary/aromatic N) is 2. The maximum absolute atomic E-state index is 10.8. The van der Waals surface area contributed by atoms with Crippen LogP contribution in [0.5, 0.6) is 0 Å². The molecule has 1 heterocycles. The highest BCUT2D eigenvalue weighted by Crippen LogP contribution is 2.11. The van der Waals surface area contributed by atoms with Gasteiger partial charge in [-0.15, -0.1) is 0 Å². The molecular weight excluding hydrogens is 218 g/mol. The van der Waals surface area contributed by atoms with Gasteiger partial charge in [-0.05, 0) is 24.3 Å². The lowest BCUT2D eigenvalue weighted by molar-refractivity contribution is 0.0697. The van der Waals surface area contributed by atoms with Gasteiger partial charge in [0.1, 0.15) is 6.33 Å². The normalized spacial score (nSPS) is 9.88. The lowest BCUT2D eigenvalue weighted by Gasteiger charge is -2.06. The Morgan fingerprint density at radius 2 is 2.24 bits per heavy atom. The number of rotatable bonds is 4. The van der Waals surface area contributed by atoms with Crippen molar-refractivity contribution in [3.63, 3.8) is 0 Å². The number of aromatic nitrogens is 2. The molecule has 2 rings (SSSR count). The van der Waals surface area contributed by atoms with Crippen molar-refractivity contribution in [3.8, 4) is 0 Å². The van der Waals surface area contributed by atoms with Crippen LogP contribution in [0.15, 0.2) is 42.9 Å². The Morgan fingerprint density at radius 1 is 1.35 bits per heavy atom. The van der Waals surface area contributed by atoms with Gasteiger partial charge in [0.05, 0.1) is 17.8 Å². The molecular formula is C12H11N3O2. The molecule has 0 spiro atoms. The summed E-state index contributed by atoms with van der Waals surface area (Å²) in [6.45, 7) is 0.533. The third-order valence-corrected chi connectivity index (χ3v) is 2.23. The van der Waals surface area contributed by atoms with Crippen LogP contribution in [0.2, 0.25) is 0 Å². The molecule has 2 aromatic rings. The van der Waals surface area contributed by atoms with Gasteiger partial charge in [0, 0.05) is 11.9 Å². The summed E-state index contributed by atoms with van der Waals surface area (Å²) in [6, 6.07) is 8.45.